The van der Waals surface area contributed by atoms with Gasteiger partial charge < -0.3 is 19.6 Å². The molecule has 0 saturated heterocycles. The van der Waals surface area contributed by atoms with Crippen LogP contribution in [0.5, 0.6) is 0 Å². The lowest BCUT2D eigenvalue weighted by Gasteiger charge is -2.25. The zero-order valence-electron chi connectivity index (χ0n) is 25.6. The Morgan fingerprint density at radius 1 is 1.00 bits per heavy atom. The first-order chi connectivity index (χ1) is 21.9. The van der Waals surface area contributed by atoms with Crippen molar-refractivity contribution < 1.29 is 41.1 Å². The third kappa shape index (κ3) is 7.69. The fourth-order valence-corrected chi connectivity index (χ4v) is 6.21. The van der Waals surface area contributed by atoms with Crippen LogP contribution in [0, 0.1) is 5.82 Å². The third-order valence-corrected chi connectivity index (χ3v) is 8.88. The van der Waals surface area contributed by atoms with Crippen LogP contribution in [-0.4, -0.2) is 58.5 Å². The summed E-state index contributed by atoms with van der Waals surface area (Å²) >= 11 is 0. The zero-order valence-corrected chi connectivity index (χ0v) is 26.4. The molecule has 1 fully saturated rings. The van der Waals surface area contributed by atoms with Crippen LogP contribution in [-0.2, 0) is 30.9 Å². The van der Waals surface area contributed by atoms with Crippen LogP contribution >= 0.6 is 0 Å². The minimum Gasteiger partial charge on any atom is -0.455 e. The lowest BCUT2D eigenvalue weighted by Crippen LogP contribution is -2.34. The van der Waals surface area contributed by atoms with Gasteiger partial charge in [-0.15, -0.1) is 0 Å². The number of amides is 1. The van der Waals surface area contributed by atoms with E-state index in [1.54, 1.807) is 24.3 Å². The monoisotopic (exact) mass is 650 g/mol. The second kappa shape index (κ2) is 13.9. The molecule has 1 aliphatic rings. The van der Waals surface area contributed by atoms with E-state index in [2.05, 4.69) is 0 Å². The molecular weight excluding hydrogens is 615 g/mol. The molecule has 1 amide bonds. The Hall–Kier alpha value is -4.39. The number of halogens is 1. The quantitative estimate of drug-likeness (QED) is 0.0967. The minimum atomic E-state index is -3.77. The lowest BCUT2D eigenvalue weighted by molar-refractivity contribution is -0.114. The molecule has 0 aliphatic heterocycles. The van der Waals surface area contributed by atoms with Crippen LogP contribution in [0.25, 0.3) is 22.3 Å². The standard InChI is InChI=1S/C34H35FN2O8S/c1-21(38)25-6-3-5-22(17-25)20-44-15-4-14-43-16-13-37(46(2,41)42)29-19-30-28(18-27(29)23-7-8-23)31(32(39)34(36)40)33(45-30)24-9-11-26(35)12-10-24/h3,5-6,9-12,17-19,23H,4,7-8,13-16,20H2,1-2H3,(H2,36,40). The van der Waals surface area contributed by atoms with E-state index in [9.17, 15) is 27.2 Å². The molecule has 0 unspecified atom stereocenters. The van der Waals surface area contributed by atoms with Gasteiger partial charge in [0.15, 0.2) is 5.78 Å². The largest absolute Gasteiger partial charge is 0.455 e. The van der Waals surface area contributed by atoms with Gasteiger partial charge in [0, 0.05) is 35.8 Å². The number of ether oxygens (including phenoxy) is 2. The number of anilines is 1. The van der Waals surface area contributed by atoms with Crippen molar-refractivity contribution >= 4 is 44.2 Å². The van der Waals surface area contributed by atoms with Gasteiger partial charge in [-0.25, -0.2) is 12.8 Å². The van der Waals surface area contributed by atoms with E-state index in [1.165, 1.54) is 35.5 Å². The number of Topliss-reactive ketones (excluding diaryl/α,β-unsaturated/α-hetero) is 2. The van der Waals surface area contributed by atoms with Gasteiger partial charge in [-0.3, -0.25) is 18.7 Å². The van der Waals surface area contributed by atoms with Crippen molar-refractivity contribution in [1.29, 1.82) is 0 Å². The number of hydrogen-bond acceptors (Lipinski definition) is 8. The van der Waals surface area contributed by atoms with Gasteiger partial charge >= 0.3 is 0 Å². The molecule has 0 atom stereocenters. The number of carbonyl (C=O) groups excluding carboxylic acids is 3. The summed E-state index contributed by atoms with van der Waals surface area (Å²) < 4.78 is 58.5. The molecule has 1 saturated carbocycles. The van der Waals surface area contributed by atoms with Crippen molar-refractivity contribution in [3.63, 3.8) is 0 Å². The molecule has 12 heteroatoms. The Morgan fingerprint density at radius 2 is 1.72 bits per heavy atom. The van der Waals surface area contributed by atoms with Gasteiger partial charge in [-0.2, -0.15) is 0 Å². The number of carbonyl (C=O) groups is 3. The fourth-order valence-electron chi connectivity index (χ4n) is 5.29. The fraction of sp³-hybridized carbons (Fsp3) is 0.324. The van der Waals surface area contributed by atoms with Gasteiger partial charge in [-0.1, -0.05) is 18.2 Å². The molecule has 0 bridgehead atoms. The Morgan fingerprint density at radius 3 is 2.37 bits per heavy atom. The van der Waals surface area contributed by atoms with Crippen LogP contribution < -0.4 is 10.0 Å². The summed E-state index contributed by atoms with van der Waals surface area (Å²) in [6.07, 6.45) is 3.34. The number of fused-ring (bicyclic) bond motifs is 1. The van der Waals surface area contributed by atoms with E-state index < -0.39 is 27.5 Å². The van der Waals surface area contributed by atoms with Gasteiger partial charge in [0.25, 0.3) is 11.7 Å². The van der Waals surface area contributed by atoms with Crippen LogP contribution in [0.4, 0.5) is 10.1 Å². The molecular formula is C34H35FN2O8S. The first-order valence-electron chi connectivity index (χ1n) is 14.9. The smallest absolute Gasteiger partial charge is 0.289 e. The average Bonchev–Trinajstić information content (AvgIpc) is 3.79. The van der Waals surface area contributed by atoms with E-state index >= 15 is 0 Å². The second-order valence-corrected chi connectivity index (χ2v) is 13.2. The molecule has 1 aliphatic carbocycles. The van der Waals surface area contributed by atoms with E-state index in [0.717, 1.165) is 24.7 Å². The molecule has 1 heterocycles. The molecule has 46 heavy (non-hydrogen) atoms. The van der Waals surface area contributed by atoms with Gasteiger partial charge in [0.05, 0.1) is 37.3 Å². The maximum absolute atomic E-state index is 13.6. The van der Waals surface area contributed by atoms with Crippen molar-refractivity contribution in [2.24, 2.45) is 5.73 Å². The van der Waals surface area contributed by atoms with Crippen molar-refractivity contribution in [1.82, 2.24) is 0 Å². The molecule has 2 N–H and O–H groups in total. The number of nitrogens with zero attached hydrogens (tertiary/aromatic N) is 1. The summed E-state index contributed by atoms with van der Waals surface area (Å²) in [5.41, 5.74) is 8.49. The summed E-state index contributed by atoms with van der Waals surface area (Å²) in [5.74, 6) is -2.54. The number of sulfonamides is 1. The molecule has 0 spiro atoms. The van der Waals surface area contributed by atoms with Crippen molar-refractivity contribution in [3.05, 3.63) is 88.7 Å². The maximum atomic E-state index is 13.6. The first-order valence-corrected chi connectivity index (χ1v) is 16.7. The van der Waals surface area contributed by atoms with E-state index in [0.29, 0.717) is 54.0 Å². The molecule has 242 valence electrons. The summed E-state index contributed by atoms with van der Waals surface area (Å²) in [5, 5.41) is 0.325. The van der Waals surface area contributed by atoms with E-state index in [4.69, 9.17) is 19.6 Å². The van der Waals surface area contributed by atoms with Gasteiger partial charge in [0.1, 0.15) is 17.2 Å². The van der Waals surface area contributed by atoms with Gasteiger partial charge in [-0.05, 0) is 79.6 Å². The lowest BCUT2D eigenvalue weighted by atomic mass is 9.98. The topological polar surface area (TPSA) is 146 Å². The molecule has 10 nitrogen and oxygen atoms in total. The Bertz CT molecular complexity index is 1880. The second-order valence-electron chi connectivity index (χ2n) is 11.3. The minimum absolute atomic E-state index is 0.00981. The number of nitrogens with two attached hydrogens (primary N) is 1. The Labute approximate surface area is 266 Å². The zero-order chi connectivity index (χ0) is 33.0. The maximum Gasteiger partial charge on any atom is 0.289 e. The SMILES string of the molecule is CC(=O)c1cccc(COCCCOCCN(c2cc3oc(-c4ccc(F)cc4)c(C(=O)C(N)=O)c3cc2C2CC2)S(C)(=O)=O)c1. The Kier molecular flexibility index (Phi) is 10.00. The summed E-state index contributed by atoms with van der Waals surface area (Å²) in [6.45, 7) is 2.78. The van der Waals surface area contributed by atoms with Crippen LogP contribution in [0.1, 0.15) is 63.9 Å². The van der Waals surface area contributed by atoms with Crippen LogP contribution in [0.3, 0.4) is 0 Å². The highest BCUT2D eigenvalue weighted by Gasteiger charge is 2.34. The highest BCUT2D eigenvalue weighted by molar-refractivity contribution is 7.92. The van der Waals surface area contributed by atoms with Crippen LogP contribution in [0.2, 0.25) is 0 Å². The van der Waals surface area contributed by atoms with E-state index in [1.807, 2.05) is 12.1 Å². The Balaban J connectivity index is 1.31. The number of ketones is 2. The van der Waals surface area contributed by atoms with Crippen molar-refractivity contribution in [3.8, 4) is 11.3 Å². The number of rotatable bonds is 16. The van der Waals surface area contributed by atoms with Crippen molar-refractivity contribution in [2.45, 2.75) is 38.7 Å². The molecule has 1 aromatic heterocycles. The molecule has 4 aromatic rings. The van der Waals surface area contributed by atoms with E-state index in [-0.39, 0.29) is 41.8 Å². The average molecular weight is 651 g/mol. The highest BCUT2D eigenvalue weighted by atomic mass is 32.2. The summed E-state index contributed by atoms with van der Waals surface area (Å²) in [7, 11) is -3.77. The molecule has 0 radical (unpaired) electrons. The van der Waals surface area contributed by atoms with Crippen LogP contribution in [0.15, 0.2) is 65.1 Å². The summed E-state index contributed by atoms with van der Waals surface area (Å²) in [4.78, 5) is 36.5. The predicted molar refractivity (Wildman–Crippen MR) is 171 cm³/mol. The highest BCUT2D eigenvalue weighted by Crippen LogP contribution is 2.48. The molecule has 5 rings (SSSR count). The number of primary amides is 1. The molecule has 3 aromatic carbocycles. The number of hydrogen-bond donors (Lipinski definition) is 1. The predicted octanol–water partition coefficient (Wildman–Crippen LogP) is 5.38. The first kappa shape index (κ1) is 33.0. The third-order valence-electron chi connectivity index (χ3n) is 7.70. The number of furan rings is 1. The number of benzene rings is 3. The van der Waals surface area contributed by atoms with Gasteiger partial charge in [0.2, 0.25) is 10.0 Å². The normalized spacial score (nSPS) is 13.2. The summed E-state index contributed by atoms with van der Waals surface area (Å²) in [6, 6.07) is 15.8. The van der Waals surface area contributed by atoms with Crippen molar-refractivity contribution in [2.75, 3.05) is 36.9 Å².